The summed E-state index contributed by atoms with van der Waals surface area (Å²) in [5.74, 6) is -0.222. The van der Waals surface area contributed by atoms with E-state index in [-0.39, 0.29) is 12.5 Å². The van der Waals surface area contributed by atoms with Crippen LogP contribution >= 0.6 is 0 Å². The molecule has 0 aromatic rings. The van der Waals surface area contributed by atoms with Crippen LogP contribution in [0.4, 0.5) is 4.39 Å². The Morgan fingerprint density at radius 2 is 2.11 bits per heavy atom. The van der Waals surface area contributed by atoms with Crippen molar-refractivity contribution in [1.29, 1.82) is 0 Å². The highest BCUT2D eigenvalue weighted by atomic mass is 19.1. The third-order valence-corrected chi connectivity index (χ3v) is 1.90. The molecule has 1 fully saturated rings. The SMILES string of the molecule is OC[C@H]1CC[C@@H](F)[C@@H]1O. The minimum absolute atomic E-state index is 0.0956. The lowest BCUT2D eigenvalue weighted by Gasteiger charge is -2.10. The van der Waals surface area contributed by atoms with Gasteiger partial charge in [-0.05, 0) is 12.8 Å². The first-order chi connectivity index (χ1) is 4.25. The topological polar surface area (TPSA) is 40.5 Å². The third kappa shape index (κ3) is 1.22. The van der Waals surface area contributed by atoms with Gasteiger partial charge in [-0.3, -0.25) is 0 Å². The number of hydrogen-bond donors (Lipinski definition) is 2. The Morgan fingerprint density at radius 1 is 1.44 bits per heavy atom. The normalized spacial score (nSPS) is 43.7. The molecule has 1 aliphatic rings. The predicted octanol–water partition coefficient (Wildman–Crippen LogP) is 0.0877. The molecule has 0 unspecified atom stereocenters. The summed E-state index contributed by atoms with van der Waals surface area (Å²) in [5, 5.41) is 17.5. The predicted molar refractivity (Wildman–Crippen MR) is 30.7 cm³/mol. The van der Waals surface area contributed by atoms with E-state index in [0.29, 0.717) is 12.8 Å². The van der Waals surface area contributed by atoms with Gasteiger partial charge in [-0.15, -0.1) is 0 Å². The molecule has 3 heteroatoms. The fourth-order valence-electron chi connectivity index (χ4n) is 1.21. The summed E-state index contributed by atoms with van der Waals surface area (Å²) in [7, 11) is 0. The van der Waals surface area contributed by atoms with Crippen LogP contribution in [-0.4, -0.2) is 29.1 Å². The van der Waals surface area contributed by atoms with E-state index in [4.69, 9.17) is 10.2 Å². The second-order valence-corrected chi connectivity index (χ2v) is 2.53. The molecule has 0 saturated heterocycles. The summed E-state index contributed by atoms with van der Waals surface area (Å²) in [6.07, 6.45) is -1.03. The minimum Gasteiger partial charge on any atom is -0.396 e. The second kappa shape index (κ2) is 2.62. The summed E-state index contributed by atoms with van der Waals surface area (Å²) in [5.41, 5.74) is 0. The molecule has 2 nitrogen and oxygen atoms in total. The molecular formula is C6H11FO2. The van der Waals surface area contributed by atoms with Crippen molar-refractivity contribution >= 4 is 0 Å². The monoisotopic (exact) mass is 134 g/mol. The van der Waals surface area contributed by atoms with E-state index in [1.54, 1.807) is 0 Å². The smallest absolute Gasteiger partial charge is 0.126 e. The molecule has 1 saturated carbocycles. The molecule has 0 heterocycles. The van der Waals surface area contributed by atoms with Crippen molar-refractivity contribution < 1.29 is 14.6 Å². The molecule has 0 radical (unpaired) electrons. The summed E-state index contributed by atoms with van der Waals surface area (Å²) in [6, 6.07) is 0. The van der Waals surface area contributed by atoms with E-state index in [1.807, 2.05) is 0 Å². The van der Waals surface area contributed by atoms with Crippen molar-refractivity contribution in [3.05, 3.63) is 0 Å². The van der Waals surface area contributed by atoms with Crippen molar-refractivity contribution in [2.24, 2.45) is 5.92 Å². The van der Waals surface area contributed by atoms with Crippen molar-refractivity contribution in [2.75, 3.05) is 6.61 Å². The van der Waals surface area contributed by atoms with Gasteiger partial charge in [0.2, 0.25) is 0 Å². The molecule has 1 aliphatic carbocycles. The number of hydrogen-bond acceptors (Lipinski definition) is 2. The van der Waals surface area contributed by atoms with Crippen LogP contribution in [0.2, 0.25) is 0 Å². The zero-order valence-corrected chi connectivity index (χ0v) is 5.13. The van der Waals surface area contributed by atoms with Crippen LogP contribution in [0.3, 0.4) is 0 Å². The van der Waals surface area contributed by atoms with Gasteiger partial charge in [0.25, 0.3) is 0 Å². The van der Waals surface area contributed by atoms with E-state index in [1.165, 1.54) is 0 Å². The summed E-state index contributed by atoms with van der Waals surface area (Å²) >= 11 is 0. The molecule has 0 aromatic carbocycles. The molecule has 0 aromatic heterocycles. The third-order valence-electron chi connectivity index (χ3n) is 1.90. The van der Waals surface area contributed by atoms with Crippen molar-refractivity contribution in [3.63, 3.8) is 0 Å². The van der Waals surface area contributed by atoms with E-state index < -0.39 is 12.3 Å². The first-order valence-electron chi connectivity index (χ1n) is 3.18. The molecule has 0 bridgehead atoms. The van der Waals surface area contributed by atoms with Gasteiger partial charge < -0.3 is 10.2 Å². The average molecular weight is 134 g/mol. The number of aliphatic hydroxyl groups is 2. The maximum Gasteiger partial charge on any atom is 0.126 e. The highest BCUT2D eigenvalue weighted by Gasteiger charge is 2.33. The van der Waals surface area contributed by atoms with Gasteiger partial charge in [0, 0.05) is 12.5 Å². The second-order valence-electron chi connectivity index (χ2n) is 2.53. The lowest BCUT2D eigenvalue weighted by molar-refractivity contribution is 0.0456. The lowest BCUT2D eigenvalue weighted by atomic mass is 10.1. The van der Waals surface area contributed by atoms with Gasteiger partial charge in [-0.1, -0.05) is 0 Å². The van der Waals surface area contributed by atoms with Gasteiger partial charge in [0.05, 0.1) is 6.10 Å². The zero-order valence-electron chi connectivity index (χ0n) is 5.13. The number of halogens is 1. The molecule has 54 valence electrons. The van der Waals surface area contributed by atoms with Gasteiger partial charge in [-0.2, -0.15) is 0 Å². The summed E-state index contributed by atoms with van der Waals surface area (Å²) < 4.78 is 12.4. The molecule has 9 heavy (non-hydrogen) atoms. The molecule has 0 aliphatic heterocycles. The molecule has 3 atom stereocenters. The van der Waals surface area contributed by atoms with E-state index in [0.717, 1.165) is 0 Å². The largest absolute Gasteiger partial charge is 0.396 e. The van der Waals surface area contributed by atoms with Gasteiger partial charge >= 0.3 is 0 Å². The molecule has 2 N–H and O–H groups in total. The number of aliphatic hydroxyl groups excluding tert-OH is 2. The van der Waals surface area contributed by atoms with Gasteiger partial charge in [0.15, 0.2) is 0 Å². The maximum atomic E-state index is 12.4. The Bertz CT molecular complexity index is 97.1. The first-order valence-corrected chi connectivity index (χ1v) is 3.18. The van der Waals surface area contributed by atoms with E-state index >= 15 is 0 Å². The Hall–Kier alpha value is -0.150. The average Bonchev–Trinajstić information content (AvgIpc) is 2.15. The fourth-order valence-corrected chi connectivity index (χ4v) is 1.21. The van der Waals surface area contributed by atoms with Crippen molar-refractivity contribution in [3.8, 4) is 0 Å². The molecule has 0 spiro atoms. The van der Waals surface area contributed by atoms with Crippen LogP contribution in [0, 0.1) is 5.92 Å². The van der Waals surface area contributed by atoms with Crippen LogP contribution in [0.5, 0.6) is 0 Å². The van der Waals surface area contributed by atoms with Gasteiger partial charge in [0.1, 0.15) is 6.17 Å². The van der Waals surface area contributed by atoms with Crippen LogP contribution in [0.1, 0.15) is 12.8 Å². The Labute approximate surface area is 53.3 Å². The van der Waals surface area contributed by atoms with Crippen molar-refractivity contribution in [1.82, 2.24) is 0 Å². The quantitative estimate of drug-likeness (QED) is 0.533. The standard InChI is InChI=1S/C6H11FO2/c7-5-2-1-4(3-8)6(5)9/h4-6,8-9H,1-3H2/t4-,5-,6-/m1/s1. The summed E-state index contributed by atoms with van der Waals surface area (Å²) in [6.45, 7) is -0.0956. The highest BCUT2D eigenvalue weighted by molar-refractivity contribution is 4.83. The maximum absolute atomic E-state index is 12.4. The Kier molecular flexibility index (Phi) is 2.03. The van der Waals surface area contributed by atoms with E-state index in [2.05, 4.69) is 0 Å². The Balaban J connectivity index is 2.41. The number of alkyl halides is 1. The summed E-state index contributed by atoms with van der Waals surface area (Å²) in [4.78, 5) is 0. The fraction of sp³-hybridized carbons (Fsp3) is 1.00. The lowest BCUT2D eigenvalue weighted by Crippen LogP contribution is -2.23. The zero-order chi connectivity index (χ0) is 6.85. The van der Waals surface area contributed by atoms with Crippen molar-refractivity contribution in [2.45, 2.75) is 25.1 Å². The highest BCUT2D eigenvalue weighted by Crippen LogP contribution is 2.27. The van der Waals surface area contributed by atoms with Crippen LogP contribution in [0.25, 0.3) is 0 Å². The first kappa shape index (κ1) is 6.96. The van der Waals surface area contributed by atoms with Crippen LogP contribution in [0.15, 0.2) is 0 Å². The van der Waals surface area contributed by atoms with E-state index in [9.17, 15) is 4.39 Å². The number of rotatable bonds is 1. The molecule has 1 rings (SSSR count). The molecule has 0 amide bonds. The van der Waals surface area contributed by atoms with Crippen LogP contribution in [-0.2, 0) is 0 Å². The van der Waals surface area contributed by atoms with Gasteiger partial charge in [-0.25, -0.2) is 4.39 Å². The Morgan fingerprint density at radius 3 is 2.33 bits per heavy atom. The molecular weight excluding hydrogens is 123 g/mol. The minimum atomic E-state index is -1.11. The van der Waals surface area contributed by atoms with Crippen LogP contribution < -0.4 is 0 Å².